The number of nitrogens with one attached hydrogen (secondary N) is 3. The van der Waals surface area contributed by atoms with Gasteiger partial charge in [0.2, 0.25) is 5.91 Å². The van der Waals surface area contributed by atoms with Gasteiger partial charge in [-0.2, -0.15) is 0 Å². The van der Waals surface area contributed by atoms with E-state index in [4.69, 9.17) is 0 Å². The molecule has 0 spiro atoms. The Morgan fingerprint density at radius 3 is 2.14 bits per heavy atom. The molecule has 0 aliphatic heterocycles. The molecule has 0 saturated heterocycles. The van der Waals surface area contributed by atoms with Crippen LogP contribution in [0.1, 0.15) is 41.3 Å². The van der Waals surface area contributed by atoms with Crippen molar-refractivity contribution in [2.45, 2.75) is 24.7 Å². The molecular formula is C35H36N4O3S. The van der Waals surface area contributed by atoms with Gasteiger partial charge in [0.05, 0.1) is 5.75 Å². The van der Waals surface area contributed by atoms with Crippen molar-refractivity contribution in [1.29, 1.82) is 0 Å². The molecule has 43 heavy (non-hydrogen) atoms. The SMILES string of the molecule is CC(C)c1ccc(NC(=O)CSc2cccc(NC(=O)/C(=C\c3ccc(N(C)C)cc3)NC(=O)c3ccccc3)c2)cc1. The smallest absolute Gasteiger partial charge is 0.272 e. The van der Waals surface area contributed by atoms with Crippen LogP contribution in [0.2, 0.25) is 0 Å². The predicted molar refractivity (Wildman–Crippen MR) is 178 cm³/mol. The first-order valence-corrected chi connectivity index (χ1v) is 15.0. The van der Waals surface area contributed by atoms with Crippen LogP contribution >= 0.6 is 11.8 Å². The Hall–Kier alpha value is -4.82. The fourth-order valence-corrected chi connectivity index (χ4v) is 4.89. The van der Waals surface area contributed by atoms with Gasteiger partial charge in [-0.15, -0.1) is 11.8 Å². The Morgan fingerprint density at radius 2 is 1.49 bits per heavy atom. The average molecular weight is 593 g/mol. The number of rotatable bonds is 11. The van der Waals surface area contributed by atoms with E-state index in [2.05, 4.69) is 29.8 Å². The van der Waals surface area contributed by atoms with Gasteiger partial charge in [-0.25, -0.2) is 0 Å². The molecule has 0 aliphatic rings. The average Bonchev–Trinajstić information content (AvgIpc) is 3.01. The van der Waals surface area contributed by atoms with Crippen LogP contribution in [0.5, 0.6) is 0 Å². The number of benzene rings is 4. The molecule has 4 aromatic rings. The molecule has 0 unspecified atom stereocenters. The van der Waals surface area contributed by atoms with Crippen molar-refractivity contribution in [3.05, 3.63) is 126 Å². The van der Waals surface area contributed by atoms with Crippen molar-refractivity contribution < 1.29 is 14.4 Å². The van der Waals surface area contributed by atoms with Gasteiger partial charge in [0.25, 0.3) is 11.8 Å². The summed E-state index contributed by atoms with van der Waals surface area (Å²) >= 11 is 1.37. The molecule has 220 valence electrons. The second-order valence-electron chi connectivity index (χ2n) is 10.5. The van der Waals surface area contributed by atoms with Gasteiger partial charge in [0.1, 0.15) is 5.70 Å². The molecule has 8 heteroatoms. The van der Waals surface area contributed by atoms with E-state index in [1.807, 2.05) is 85.7 Å². The molecule has 0 atom stereocenters. The van der Waals surface area contributed by atoms with Crippen LogP contribution in [0.25, 0.3) is 6.08 Å². The standard InChI is InChI=1S/C35H36N4O3S/c1-24(2)26-15-17-28(18-16-26)36-33(40)23-43-31-12-8-11-29(22-31)37-35(42)32(38-34(41)27-9-6-5-7-10-27)21-25-13-19-30(20-14-25)39(3)4/h5-22,24H,23H2,1-4H3,(H,36,40)(H,37,42)(H,38,41)/b32-21+. The summed E-state index contributed by atoms with van der Waals surface area (Å²) in [5.74, 6) is -0.336. The van der Waals surface area contributed by atoms with E-state index in [0.29, 0.717) is 17.2 Å². The van der Waals surface area contributed by atoms with Gasteiger partial charge in [-0.05, 0) is 77.7 Å². The van der Waals surface area contributed by atoms with E-state index in [1.165, 1.54) is 17.3 Å². The van der Waals surface area contributed by atoms with Crippen LogP contribution in [0.4, 0.5) is 17.1 Å². The number of carbonyl (C=O) groups excluding carboxylic acids is 3. The highest BCUT2D eigenvalue weighted by atomic mass is 32.2. The van der Waals surface area contributed by atoms with Crippen LogP contribution in [0.3, 0.4) is 0 Å². The lowest BCUT2D eigenvalue weighted by Crippen LogP contribution is -2.30. The zero-order valence-corrected chi connectivity index (χ0v) is 25.6. The summed E-state index contributed by atoms with van der Waals surface area (Å²) in [5.41, 5.74) is 4.84. The predicted octanol–water partition coefficient (Wildman–Crippen LogP) is 7.02. The highest BCUT2D eigenvalue weighted by Gasteiger charge is 2.16. The fourth-order valence-electron chi connectivity index (χ4n) is 4.14. The minimum absolute atomic E-state index is 0.104. The van der Waals surface area contributed by atoms with Crippen LogP contribution in [-0.4, -0.2) is 37.6 Å². The Kier molecular flexibility index (Phi) is 10.8. The summed E-state index contributed by atoms with van der Waals surface area (Å²) in [7, 11) is 3.90. The molecule has 0 fully saturated rings. The van der Waals surface area contributed by atoms with Gasteiger partial charge in [0, 0.05) is 41.6 Å². The van der Waals surface area contributed by atoms with Crippen molar-refractivity contribution in [1.82, 2.24) is 5.32 Å². The lowest BCUT2D eigenvalue weighted by molar-refractivity contribution is -0.114. The largest absolute Gasteiger partial charge is 0.378 e. The molecule has 4 rings (SSSR count). The maximum Gasteiger partial charge on any atom is 0.272 e. The van der Waals surface area contributed by atoms with E-state index < -0.39 is 5.91 Å². The molecule has 7 nitrogen and oxygen atoms in total. The third-order valence-electron chi connectivity index (χ3n) is 6.57. The number of thioether (sulfide) groups is 1. The number of hydrogen-bond donors (Lipinski definition) is 3. The van der Waals surface area contributed by atoms with Crippen LogP contribution < -0.4 is 20.9 Å². The van der Waals surface area contributed by atoms with Crippen molar-refractivity contribution in [2.75, 3.05) is 35.4 Å². The van der Waals surface area contributed by atoms with Gasteiger partial charge < -0.3 is 20.9 Å². The molecular weight excluding hydrogens is 556 g/mol. The number of amides is 3. The quantitative estimate of drug-likeness (QED) is 0.129. The Morgan fingerprint density at radius 1 is 0.791 bits per heavy atom. The van der Waals surface area contributed by atoms with Gasteiger partial charge in [0.15, 0.2) is 0 Å². The van der Waals surface area contributed by atoms with E-state index in [9.17, 15) is 14.4 Å². The van der Waals surface area contributed by atoms with E-state index in [1.54, 1.807) is 42.5 Å². The Labute approximate surface area is 257 Å². The maximum absolute atomic E-state index is 13.4. The molecule has 0 saturated carbocycles. The van der Waals surface area contributed by atoms with Gasteiger partial charge >= 0.3 is 0 Å². The van der Waals surface area contributed by atoms with Crippen molar-refractivity contribution in [3.8, 4) is 0 Å². The van der Waals surface area contributed by atoms with Crippen LogP contribution in [0, 0.1) is 0 Å². The number of carbonyl (C=O) groups is 3. The minimum atomic E-state index is -0.467. The van der Waals surface area contributed by atoms with Crippen molar-refractivity contribution in [2.24, 2.45) is 0 Å². The molecule has 0 aromatic heterocycles. The first kappa shape index (κ1) is 31.1. The van der Waals surface area contributed by atoms with Crippen LogP contribution in [0.15, 0.2) is 114 Å². The summed E-state index contributed by atoms with van der Waals surface area (Å²) in [6, 6.07) is 31.5. The topological polar surface area (TPSA) is 90.5 Å². The maximum atomic E-state index is 13.4. The third kappa shape index (κ3) is 9.34. The normalized spacial score (nSPS) is 11.1. The third-order valence-corrected chi connectivity index (χ3v) is 7.57. The second-order valence-corrected chi connectivity index (χ2v) is 11.5. The minimum Gasteiger partial charge on any atom is -0.378 e. The summed E-state index contributed by atoms with van der Waals surface area (Å²) in [5, 5.41) is 8.58. The monoisotopic (exact) mass is 592 g/mol. The van der Waals surface area contributed by atoms with E-state index >= 15 is 0 Å². The molecule has 3 amide bonds. The first-order valence-electron chi connectivity index (χ1n) is 14.0. The second kappa shape index (κ2) is 14.9. The highest BCUT2D eigenvalue weighted by molar-refractivity contribution is 8.00. The molecule has 0 aliphatic carbocycles. The van der Waals surface area contributed by atoms with Crippen LogP contribution in [-0.2, 0) is 9.59 Å². The van der Waals surface area contributed by atoms with Gasteiger partial charge in [-0.1, -0.05) is 62.4 Å². The Balaban J connectivity index is 1.44. The number of nitrogens with zero attached hydrogens (tertiary/aromatic N) is 1. The molecule has 0 heterocycles. The molecule has 3 N–H and O–H groups in total. The molecule has 4 aromatic carbocycles. The van der Waals surface area contributed by atoms with E-state index in [0.717, 1.165) is 21.8 Å². The van der Waals surface area contributed by atoms with E-state index in [-0.39, 0.29) is 23.3 Å². The molecule has 0 bridgehead atoms. The fraction of sp³-hybridized carbons (Fsp3) is 0.171. The number of hydrogen-bond acceptors (Lipinski definition) is 5. The summed E-state index contributed by atoms with van der Waals surface area (Å²) < 4.78 is 0. The zero-order valence-electron chi connectivity index (χ0n) is 24.8. The highest BCUT2D eigenvalue weighted by Crippen LogP contribution is 2.23. The summed E-state index contributed by atoms with van der Waals surface area (Å²) in [4.78, 5) is 41.7. The summed E-state index contributed by atoms with van der Waals surface area (Å²) in [6.45, 7) is 4.26. The molecule has 0 radical (unpaired) electrons. The number of anilines is 3. The Bertz CT molecular complexity index is 1580. The van der Waals surface area contributed by atoms with Crippen molar-refractivity contribution in [3.63, 3.8) is 0 Å². The summed E-state index contributed by atoms with van der Waals surface area (Å²) in [6.07, 6.45) is 1.65. The van der Waals surface area contributed by atoms with Crippen molar-refractivity contribution >= 4 is 52.6 Å². The first-order chi connectivity index (χ1) is 20.7. The lowest BCUT2D eigenvalue weighted by atomic mass is 10.0. The van der Waals surface area contributed by atoms with Gasteiger partial charge in [-0.3, -0.25) is 14.4 Å². The zero-order chi connectivity index (χ0) is 30.8. The lowest BCUT2D eigenvalue weighted by Gasteiger charge is -2.14.